The number of nitrogens with one attached hydrogen (secondary N) is 1. The van der Waals surface area contributed by atoms with Gasteiger partial charge in [-0.2, -0.15) is 0 Å². The number of hydrogen-bond donors (Lipinski definition) is 1. The van der Waals surface area contributed by atoms with Gasteiger partial charge in [0.15, 0.2) is 11.5 Å². The van der Waals surface area contributed by atoms with Gasteiger partial charge in [-0.15, -0.1) is 10.2 Å². The number of hydrogen-bond acceptors (Lipinski definition) is 7. The highest BCUT2D eigenvalue weighted by atomic mass is 32.2. The molecule has 0 aliphatic rings. The van der Waals surface area contributed by atoms with Gasteiger partial charge in [-0.1, -0.05) is 53.7 Å². The maximum absolute atomic E-state index is 12.8. The SMILES string of the molecule is COc1ccc(OC)c(NC(=O)CSc2nc3ccccc3n3c(-c4ccc(C)cc4)nnc23)c1. The second kappa shape index (κ2) is 9.63. The number of benzene rings is 3. The number of amides is 1. The van der Waals surface area contributed by atoms with Crippen LogP contribution < -0.4 is 14.8 Å². The minimum absolute atomic E-state index is 0.133. The van der Waals surface area contributed by atoms with E-state index in [-0.39, 0.29) is 11.7 Å². The largest absolute Gasteiger partial charge is 0.497 e. The van der Waals surface area contributed by atoms with Crippen molar-refractivity contribution in [2.24, 2.45) is 0 Å². The van der Waals surface area contributed by atoms with Gasteiger partial charge in [0, 0.05) is 11.6 Å². The molecule has 0 atom stereocenters. The molecular weight excluding hydrogens is 462 g/mol. The van der Waals surface area contributed by atoms with Crippen LogP contribution in [-0.2, 0) is 4.79 Å². The molecule has 9 heteroatoms. The molecule has 0 aliphatic carbocycles. The van der Waals surface area contributed by atoms with Crippen LogP contribution in [0.2, 0.25) is 0 Å². The molecule has 0 spiro atoms. The molecule has 0 unspecified atom stereocenters. The second-order valence-corrected chi connectivity index (χ2v) is 8.82. The number of fused-ring (bicyclic) bond motifs is 3. The van der Waals surface area contributed by atoms with Gasteiger partial charge < -0.3 is 14.8 Å². The molecular formula is C26H23N5O3S. The Kier molecular flexibility index (Phi) is 6.24. The van der Waals surface area contributed by atoms with Crippen LogP contribution in [0.5, 0.6) is 11.5 Å². The number of ether oxygens (including phenoxy) is 2. The fraction of sp³-hybridized carbons (Fsp3) is 0.154. The molecule has 35 heavy (non-hydrogen) atoms. The molecule has 0 saturated heterocycles. The van der Waals surface area contributed by atoms with E-state index in [0.717, 1.165) is 22.4 Å². The molecule has 2 aromatic heterocycles. The summed E-state index contributed by atoms with van der Waals surface area (Å²) in [4.78, 5) is 17.6. The summed E-state index contributed by atoms with van der Waals surface area (Å²) in [6.07, 6.45) is 0. The summed E-state index contributed by atoms with van der Waals surface area (Å²) in [6, 6.07) is 21.2. The van der Waals surface area contributed by atoms with Gasteiger partial charge >= 0.3 is 0 Å². The van der Waals surface area contributed by atoms with Crippen molar-refractivity contribution in [1.82, 2.24) is 19.6 Å². The first-order chi connectivity index (χ1) is 17.1. The Labute approximate surface area is 206 Å². The van der Waals surface area contributed by atoms with Crippen LogP contribution >= 0.6 is 11.8 Å². The third-order valence-corrected chi connectivity index (χ3v) is 6.48. The monoisotopic (exact) mass is 485 g/mol. The molecule has 5 aromatic rings. The van der Waals surface area contributed by atoms with Gasteiger partial charge in [0.05, 0.1) is 36.7 Å². The Hall–Kier alpha value is -4.11. The van der Waals surface area contributed by atoms with Gasteiger partial charge in [-0.3, -0.25) is 9.20 Å². The lowest BCUT2D eigenvalue weighted by molar-refractivity contribution is -0.113. The van der Waals surface area contributed by atoms with E-state index in [0.29, 0.717) is 27.9 Å². The van der Waals surface area contributed by atoms with E-state index in [1.165, 1.54) is 17.3 Å². The predicted octanol–water partition coefficient (Wildman–Crippen LogP) is 5.00. The molecule has 3 aromatic carbocycles. The Morgan fingerprint density at radius 2 is 1.80 bits per heavy atom. The van der Waals surface area contributed by atoms with E-state index in [1.807, 2.05) is 59.9 Å². The fourth-order valence-electron chi connectivity index (χ4n) is 3.78. The van der Waals surface area contributed by atoms with Crippen molar-refractivity contribution in [2.45, 2.75) is 11.9 Å². The average molecular weight is 486 g/mol. The summed E-state index contributed by atoms with van der Waals surface area (Å²) in [5.74, 6) is 1.84. The lowest BCUT2D eigenvalue weighted by Crippen LogP contribution is -2.15. The number of carbonyl (C=O) groups is 1. The van der Waals surface area contributed by atoms with Crippen molar-refractivity contribution in [1.29, 1.82) is 0 Å². The molecule has 1 amide bonds. The number of anilines is 1. The molecule has 0 aliphatic heterocycles. The minimum Gasteiger partial charge on any atom is -0.497 e. The summed E-state index contributed by atoms with van der Waals surface area (Å²) < 4.78 is 12.6. The zero-order chi connectivity index (χ0) is 24.4. The first-order valence-electron chi connectivity index (χ1n) is 10.9. The van der Waals surface area contributed by atoms with Crippen LogP contribution in [0.1, 0.15) is 5.56 Å². The van der Waals surface area contributed by atoms with Crippen molar-refractivity contribution >= 4 is 40.0 Å². The zero-order valence-corrected chi connectivity index (χ0v) is 20.3. The van der Waals surface area contributed by atoms with Gasteiger partial charge in [0.25, 0.3) is 0 Å². The van der Waals surface area contributed by atoms with Crippen LogP contribution in [0.25, 0.3) is 28.1 Å². The third kappa shape index (κ3) is 4.50. The fourth-order valence-corrected chi connectivity index (χ4v) is 4.54. The van der Waals surface area contributed by atoms with Crippen molar-refractivity contribution in [3.05, 3.63) is 72.3 Å². The van der Waals surface area contributed by atoms with E-state index in [1.54, 1.807) is 32.4 Å². The number of methoxy groups -OCH3 is 2. The summed E-state index contributed by atoms with van der Waals surface area (Å²) in [7, 11) is 3.13. The van der Waals surface area contributed by atoms with Crippen molar-refractivity contribution in [3.8, 4) is 22.9 Å². The number of nitrogens with zero attached hydrogens (tertiary/aromatic N) is 4. The van der Waals surface area contributed by atoms with Crippen molar-refractivity contribution in [3.63, 3.8) is 0 Å². The molecule has 8 nitrogen and oxygen atoms in total. The number of thioether (sulfide) groups is 1. The van der Waals surface area contributed by atoms with Crippen LogP contribution in [0, 0.1) is 6.92 Å². The maximum atomic E-state index is 12.8. The normalized spacial score (nSPS) is 11.1. The van der Waals surface area contributed by atoms with Gasteiger partial charge in [-0.05, 0) is 31.2 Å². The molecule has 1 N–H and O–H groups in total. The Bertz CT molecular complexity index is 1530. The third-order valence-electron chi connectivity index (χ3n) is 5.53. The number of carbonyl (C=O) groups excluding carboxylic acids is 1. The van der Waals surface area contributed by atoms with E-state index in [4.69, 9.17) is 14.5 Å². The predicted molar refractivity (Wildman–Crippen MR) is 137 cm³/mol. The zero-order valence-electron chi connectivity index (χ0n) is 19.5. The van der Waals surface area contributed by atoms with E-state index in [2.05, 4.69) is 15.5 Å². The average Bonchev–Trinajstić information content (AvgIpc) is 3.33. The Morgan fingerprint density at radius 1 is 1.00 bits per heavy atom. The first-order valence-corrected chi connectivity index (χ1v) is 11.9. The number of aromatic nitrogens is 4. The summed E-state index contributed by atoms with van der Waals surface area (Å²) in [5, 5.41) is 12.4. The summed E-state index contributed by atoms with van der Waals surface area (Å²) in [6.45, 7) is 2.05. The topological polar surface area (TPSA) is 90.6 Å². The van der Waals surface area contributed by atoms with Crippen LogP contribution in [0.4, 0.5) is 5.69 Å². The van der Waals surface area contributed by atoms with E-state index < -0.39 is 0 Å². The standard InChI is InChI=1S/C26H23N5O3S/c1-16-8-10-17(11-9-16)24-29-30-25-26(28-19-6-4-5-7-21(19)31(24)25)35-15-23(32)27-20-14-18(33-2)12-13-22(20)34-3/h4-14H,15H2,1-3H3,(H,27,32). The molecule has 0 fully saturated rings. The minimum atomic E-state index is -0.201. The highest BCUT2D eigenvalue weighted by Crippen LogP contribution is 2.31. The molecule has 176 valence electrons. The Morgan fingerprint density at radius 3 is 2.57 bits per heavy atom. The highest BCUT2D eigenvalue weighted by Gasteiger charge is 2.18. The molecule has 2 heterocycles. The second-order valence-electron chi connectivity index (χ2n) is 7.86. The smallest absolute Gasteiger partial charge is 0.234 e. The summed E-state index contributed by atoms with van der Waals surface area (Å²) in [5.41, 5.74) is 4.97. The quantitative estimate of drug-likeness (QED) is 0.324. The number of aryl methyl sites for hydroxylation is 1. The molecule has 0 bridgehead atoms. The number of para-hydroxylation sites is 2. The van der Waals surface area contributed by atoms with Crippen LogP contribution in [-0.4, -0.2) is 45.5 Å². The number of rotatable bonds is 7. The highest BCUT2D eigenvalue weighted by molar-refractivity contribution is 8.00. The van der Waals surface area contributed by atoms with Crippen LogP contribution in [0.15, 0.2) is 71.8 Å². The lowest BCUT2D eigenvalue weighted by Gasteiger charge is -2.12. The lowest BCUT2D eigenvalue weighted by atomic mass is 10.1. The van der Waals surface area contributed by atoms with E-state index >= 15 is 0 Å². The van der Waals surface area contributed by atoms with Gasteiger partial charge in [0.2, 0.25) is 5.91 Å². The maximum Gasteiger partial charge on any atom is 0.234 e. The molecule has 5 rings (SSSR count). The van der Waals surface area contributed by atoms with Gasteiger partial charge in [0.1, 0.15) is 16.5 Å². The Balaban J connectivity index is 1.47. The molecule has 0 radical (unpaired) electrons. The summed E-state index contributed by atoms with van der Waals surface area (Å²) >= 11 is 1.31. The molecule has 0 saturated carbocycles. The van der Waals surface area contributed by atoms with Crippen molar-refractivity contribution in [2.75, 3.05) is 25.3 Å². The van der Waals surface area contributed by atoms with Gasteiger partial charge in [-0.25, -0.2) is 4.98 Å². The van der Waals surface area contributed by atoms with Crippen LogP contribution in [0.3, 0.4) is 0 Å². The van der Waals surface area contributed by atoms with Crippen molar-refractivity contribution < 1.29 is 14.3 Å². The van der Waals surface area contributed by atoms with E-state index in [9.17, 15) is 4.79 Å². The first kappa shape index (κ1) is 22.7.